The fourth-order valence-corrected chi connectivity index (χ4v) is 4.53. The summed E-state index contributed by atoms with van der Waals surface area (Å²) in [5, 5.41) is 18.4. The Labute approximate surface area is 193 Å². The zero-order chi connectivity index (χ0) is 24.0. The number of sulfonamides is 1. The lowest BCUT2D eigenvalue weighted by Crippen LogP contribution is -2.44. The monoisotopic (exact) mass is 464 g/mol. The van der Waals surface area contributed by atoms with E-state index in [1.165, 1.54) is 12.1 Å². The van der Waals surface area contributed by atoms with E-state index in [2.05, 4.69) is 10.8 Å². The van der Waals surface area contributed by atoms with Gasteiger partial charge in [-0.1, -0.05) is 56.3 Å². The van der Waals surface area contributed by atoms with Crippen molar-refractivity contribution in [3.63, 3.8) is 0 Å². The molecule has 0 fully saturated rings. The van der Waals surface area contributed by atoms with Crippen molar-refractivity contribution < 1.29 is 23.1 Å². The lowest BCUT2D eigenvalue weighted by molar-refractivity contribution is -0.140. The molecule has 8 heteroatoms. The number of carboxylic acids is 1. The number of nitrogens with one attached hydrogen (secondary N) is 1. The van der Waals surface area contributed by atoms with E-state index in [1.807, 2.05) is 24.3 Å². The first kappa shape index (κ1) is 24.0. The number of benzene rings is 3. The van der Waals surface area contributed by atoms with Gasteiger partial charge in [-0.15, -0.1) is 0 Å². The highest BCUT2D eigenvalue weighted by Crippen LogP contribution is 2.25. The maximum atomic E-state index is 12.6. The van der Waals surface area contributed by atoms with Crippen molar-refractivity contribution in [2.45, 2.75) is 31.4 Å². The predicted octanol–water partition coefficient (Wildman–Crippen LogP) is 4.19. The summed E-state index contributed by atoms with van der Waals surface area (Å²) in [7, 11) is -3.97. The molecule has 0 saturated carbocycles. The van der Waals surface area contributed by atoms with Crippen LogP contribution in [0.25, 0.3) is 11.1 Å². The summed E-state index contributed by atoms with van der Waals surface area (Å²) in [6.45, 7) is 3.55. The first-order valence-corrected chi connectivity index (χ1v) is 11.8. The van der Waals surface area contributed by atoms with Gasteiger partial charge in [-0.05, 0) is 47.4 Å². The van der Waals surface area contributed by atoms with Gasteiger partial charge in [-0.2, -0.15) is 9.98 Å². The fraction of sp³-hybridized carbons (Fsp3) is 0.200. The van der Waals surface area contributed by atoms with Gasteiger partial charge in [-0.3, -0.25) is 4.79 Å². The molecule has 3 aromatic rings. The number of hydrogen-bond donors (Lipinski definition) is 2. The number of nitrogens with zero attached hydrogens (tertiary/aromatic N) is 1. The molecule has 3 aromatic carbocycles. The van der Waals surface area contributed by atoms with Crippen molar-refractivity contribution in [2.24, 2.45) is 5.92 Å². The fourth-order valence-electron chi connectivity index (χ4n) is 3.19. The quantitative estimate of drug-likeness (QED) is 0.490. The van der Waals surface area contributed by atoms with Gasteiger partial charge in [0.15, 0.2) is 0 Å². The van der Waals surface area contributed by atoms with Crippen molar-refractivity contribution in [3.05, 3.63) is 83.9 Å². The number of ether oxygens (including phenoxy) is 1. The van der Waals surface area contributed by atoms with Crippen LogP contribution in [0.4, 0.5) is 0 Å². The van der Waals surface area contributed by atoms with Crippen molar-refractivity contribution in [1.29, 1.82) is 5.26 Å². The van der Waals surface area contributed by atoms with E-state index in [1.54, 1.807) is 50.2 Å². The molecule has 0 aliphatic rings. The number of rotatable bonds is 9. The standard InChI is InChI=1S/C25H24N2O5S/c1-17(2)24(25(28)29)27-33(30,31)23-13-9-19(10-14-23)18-7-11-22(12-8-18)32-16-21-6-4-3-5-20(21)15-26/h3-14,17,24,27H,16H2,1-2H3,(H,28,29)/t24-/m1/s1. The zero-order valence-electron chi connectivity index (χ0n) is 18.2. The third-order valence-electron chi connectivity index (χ3n) is 5.10. The maximum Gasteiger partial charge on any atom is 0.322 e. The number of carbonyl (C=O) groups is 1. The summed E-state index contributed by atoms with van der Waals surface area (Å²) < 4.78 is 33.2. The van der Waals surface area contributed by atoms with Gasteiger partial charge in [0, 0.05) is 5.56 Å². The molecule has 7 nitrogen and oxygen atoms in total. The van der Waals surface area contributed by atoms with Gasteiger partial charge < -0.3 is 9.84 Å². The minimum Gasteiger partial charge on any atom is -0.489 e. The molecule has 0 amide bonds. The largest absolute Gasteiger partial charge is 0.489 e. The van der Waals surface area contributed by atoms with Crippen LogP contribution in [-0.2, 0) is 21.4 Å². The summed E-state index contributed by atoms with van der Waals surface area (Å²) in [4.78, 5) is 11.3. The van der Waals surface area contributed by atoms with Crippen LogP contribution in [0.2, 0.25) is 0 Å². The number of hydrogen-bond acceptors (Lipinski definition) is 5. The average molecular weight is 465 g/mol. The maximum absolute atomic E-state index is 12.6. The summed E-state index contributed by atoms with van der Waals surface area (Å²) in [5.74, 6) is -0.974. The van der Waals surface area contributed by atoms with Crippen LogP contribution in [0.3, 0.4) is 0 Å². The van der Waals surface area contributed by atoms with Crippen molar-refractivity contribution >= 4 is 16.0 Å². The SMILES string of the molecule is CC(C)[C@@H](NS(=O)(=O)c1ccc(-c2ccc(OCc3ccccc3C#N)cc2)cc1)C(=O)O. The summed E-state index contributed by atoms with van der Waals surface area (Å²) >= 11 is 0. The second kappa shape index (κ2) is 10.3. The zero-order valence-corrected chi connectivity index (χ0v) is 19.0. The van der Waals surface area contributed by atoms with Crippen molar-refractivity contribution in [1.82, 2.24) is 4.72 Å². The molecular weight excluding hydrogens is 440 g/mol. The molecule has 0 spiro atoms. The number of nitriles is 1. The van der Waals surface area contributed by atoms with E-state index in [0.29, 0.717) is 11.3 Å². The molecule has 2 N–H and O–H groups in total. The molecule has 0 unspecified atom stereocenters. The Hall–Kier alpha value is -3.67. The van der Waals surface area contributed by atoms with E-state index in [9.17, 15) is 18.3 Å². The number of aliphatic carboxylic acids is 1. The Balaban J connectivity index is 1.69. The van der Waals surface area contributed by atoms with Crippen LogP contribution in [0.15, 0.2) is 77.7 Å². The normalized spacial score (nSPS) is 12.2. The molecule has 0 aliphatic heterocycles. The summed E-state index contributed by atoms with van der Waals surface area (Å²) in [5.41, 5.74) is 3.04. The second-order valence-electron chi connectivity index (χ2n) is 7.79. The lowest BCUT2D eigenvalue weighted by atomic mass is 10.1. The van der Waals surface area contributed by atoms with Crippen molar-refractivity contribution in [3.8, 4) is 22.9 Å². The van der Waals surface area contributed by atoms with Gasteiger partial charge in [0.05, 0.1) is 16.5 Å². The van der Waals surface area contributed by atoms with Gasteiger partial charge in [0.25, 0.3) is 0 Å². The molecule has 33 heavy (non-hydrogen) atoms. The Morgan fingerprint density at radius 2 is 1.58 bits per heavy atom. The van der Waals surface area contributed by atoms with Gasteiger partial charge in [0.1, 0.15) is 18.4 Å². The first-order chi connectivity index (χ1) is 15.7. The van der Waals surface area contributed by atoms with E-state index in [4.69, 9.17) is 10.00 Å². The molecule has 0 aromatic heterocycles. The van der Waals surface area contributed by atoms with Crippen LogP contribution >= 0.6 is 0 Å². The highest BCUT2D eigenvalue weighted by molar-refractivity contribution is 7.89. The van der Waals surface area contributed by atoms with Crippen LogP contribution in [0.1, 0.15) is 25.0 Å². The van der Waals surface area contributed by atoms with Gasteiger partial charge in [-0.25, -0.2) is 8.42 Å². The minimum absolute atomic E-state index is 0.00531. The molecule has 0 aliphatic carbocycles. The number of carboxylic acid groups (broad SMARTS) is 1. The topological polar surface area (TPSA) is 116 Å². The van der Waals surface area contributed by atoms with Crippen LogP contribution in [-0.4, -0.2) is 25.5 Å². The molecular formula is C25H24N2O5S. The third kappa shape index (κ3) is 5.98. The van der Waals surface area contributed by atoms with Crippen LogP contribution < -0.4 is 9.46 Å². The van der Waals surface area contributed by atoms with E-state index < -0.39 is 28.0 Å². The molecule has 170 valence electrons. The highest BCUT2D eigenvalue weighted by Gasteiger charge is 2.27. The van der Waals surface area contributed by atoms with Crippen LogP contribution in [0, 0.1) is 17.2 Å². The minimum atomic E-state index is -3.97. The summed E-state index contributed by atoms with van der Waals surface area (Å²) in [6.07, 6.45) is 0. The molecule has 0 bridgehead atoms. The second-order valence-corrected chi connectivity index (χ2v) is 9.50. The van der Waals surface area contributed by atoms with Gasteiger partial charge >= 0.3 is 5.97 Å². The Morgan fingerprint density at radius 1 is 1.00 bits per heavy atom. The molecule has 1 atom stereocenters. The predicted molar refractivity (Wildman–Crippen MR) is 124 cm³/mol. The summed E-state index contributed by atoms with van der Waals surface area (Å²) in [6, 6.07) is 21.7. The van der Waals surface area contributed by atoms with Crippen LogP contribution in [0.5, 0.6) is 5.75 Å². The Bertz CT molecular complexity index is 1260. The molecule has 3 rings (SSSR count). The van der Waals surface area contributed by atoms with E-state index in [-0.39, 0.29) is 11.5 Å². The highest BCUT2D eigenvalue weighted by atomic mass is 32.2. The first-order valence-electron chi connectivity index (χ1n) is 10.3. The van der Waals surface area contributed by atoms with E-state index >= 15 is 0 Å². The Morgan fingerprint density at radius 3 is 2.12 bits per heavy atom. The average Bonchev–Trinajstić information content (AvgIpc) is 2.81. The van der Waals surface area contributed by atoms with Crippen molar-refractivity contribution in [2.75, 3.05) is 0 Å². The van der Waals surface area contributed by atoms with E-state index in [0.717, 1.165) is 16.7 Å². The molecule has 0 radical (unpaired) electrons. The molecule has 0 saturated heterocycles. The smallest absolute Gasteiger partial charge is 0.322 e. The molecule has 0 heterocycles. The third-order valence-corrected chi connectivity index (χ3v) is 6.56. The Kier molecular flexibility index (Phi) is 7.48. The lowest BCUT2D eigenvalue weighted by Gasteiger charge is -2.18. The van der Waals surface area contributed by atoms with Gasteiger partial charge in [0.2, 0.25) is 10.0 Å².